The SMILES string of the molecule is CC[C@H](CC(=O)NCC(OC)C(=O)O)NC(=O)OCC1c2ccccc2-c2ccccc21. The van der Waals surface area contributed by atoms with Crippen molar-refractivity contribution in [1.82, 2.24) is 10.6 Å². The number of hydrogen-bond acceptors (Lipinski definition) is 5. The van der Waals surface area contributed by atoms with E-state index >= 15 is 0 Å². The Balaban J connectivity index is 1.53. The quantitative estimate of drug-likeness (QED) is 0.524. The van der Waals surface area contributed by atoms with E-state index in [-0.39, 0.29) is 31.4 Å². The molecule has 3 N–H and O–H groups in total. The smallest absolute Gasteiger partial charge is 0.407 e. The number of carbonyl (C=O) groups excluding carboxylic acids is 2. The van der Waals surface area contributed by atoms with E-state index < -0.39 is 24.2 Å². The number of carbonyl (C=O) groups is 3. The summed E-state index contributed by atoms with van der Waals surface area (Å²) in [6.07, 6.45) is -1.18. The van der Waals surface area contributed by atoms with Crippen LogP contribution < -0.4 is 10.6 Å². The third-order valence-corrected chi connectivity index (χ3v) is 5.63. The van der Waals surface area contributed by atoms with Crippen molar-refractivity contribution >= 4 is 18.0 Å². The first-order chi connectivity index (χ1) is 15.4. The molecule has 0 aromatic heterocycles. The number of carboxylic acids is 1. The zero-order valence-electron chi connectivity index (χ0n) is 18.2. The van der Waals surface area contributed by atoms with Gasteiger partial charge < -0.3 is 25.2 Å². The highest BCUT2D eigenvalue weighted by Gasteiger charge is 2.29. The second-order valence-corrected chi connectivity index (χ2v) is 7.65. The maximum absolute atomic E-state index is 12.4. The molecule has 2 aromatic rings. The first-order valence-electron chi connectivity index (χ1n) is 10.6. The van der Waals surface area contributed by atoms with Crippen LogP contribution in [0.15, 0.2) is 48.5 Å². The van der Waals surface area contributed by atoms with Crippen LogP contribution in [-0.4, -0.2) is 55.5 Å². The van der Waals surface area contributed by atoms with E-state index in [2.05, 4.69) is 22.8 Å². The molecule has 3 rings (SSSR count). The molecule has 0 saturated carbocycles. The summed E-state index contributed by atoms with van der Waals surface area (Å²) in [4.78, 5) is 35.5. The van der Waals surface area contributed by atoms with Gasteiger partial charge in [0, 0.05) is 25.5 Å². The molecule has 2 atom stereocenters. The number of ether oxygens (including phenoxy) is 2. The summed E-state index contributed by atoms with van der Waals surface area (Å²) < 4.78 is 10.3. The van der Waals surface area contributed by atoms with Crippen LogP contribution in [0.2, 0.25) is 0 Å². The Hall–Kier alpha value is -3.39. The summed E-state index contributed by atoms with van der Waals surface area (Å²) in [7, 11) is 1.26. The Morgan fingerprint density at radius 2 is 1.62 bits per heavy atom. The minimum Gasteiger partial charge on any atom is -0.479 e. The number of carboxylic acid groups (broad SMARTS) is 1. The molecule has 0 saturated heterocycles. The van der Waals surface area contributed by atoms with E-state index in [9.17, 15) is 14.4 Å². The molecule has 2 aromatic carbocycles. The van der Waals surface area contributed by atoms with Gasteiger partial charge in [-0.05, 0) is 28.7 Å². The number of amides is 2. The van der Waals surface area contributed by atoms with Gasteiger partial charge >= 0.3 is 12.1 Å². The van der Waals surface area contributed by atoms with Gasteiger partial charge in [-0.15, -0.1) is 0 Å². The number of methoxy groups -OCH3 is 1. The first-order valence-corrected chi connectivity index (χ1v) is 10.6. The monoisotopic (exact) mass is 440 g/mol. The first kappa shape index (κ1) is 23.3. The highest BCUT2D eigenvalue weighted by molar-refractivity contribution is 5.80. The maximum atomic E-state index is 12.4. The summed E-state index contributed by atoms with van der Waals surface area (Å²) in [5, 5.41) is 14.2. The third kappa shape index (κ3) is 5.45. The fraction of sp³-hybridized carbons (Fsp3) is 0.375. The van der Waals surface area contributed by atoms with Crippen LogP contribution in [-0.2, 0) is 19.1 Å². The Morgan fingerprint density at radius 1 is 1.03 bits per heavy atom. The molecule has 0 heterocycles. The normalized spacial score (nSPS) is 14.1. The van der Waals surface area contributed by atoms with Crippen molar-refractivity contribution in [1.29, 1.82) is 0 Å². The van der Waals surface area contributed by atoms with Crippen LogP contribution in [0.3, 0.4) is 0 Å². The summed E-state index contributed by atoms with van der Waals surface area (Å²) in [6.45, 7) is 1.89. The van der Waals surface area contributed by atoms with E-state index in [0.29, 0.717) is 6.42 Å². The number of nitrogens with one attached hydrogen (secondary N) is 2. The molecule has 0 bridgehead atoms. The van der Waals surface area contributed by atoms with Crippen molar-refractivity contribution < 1.29 is 29.0 Å². The van der Waals surface area contributed by atoms with Crippen LogP contribution in [0.1, 0.15) is 36.8 Å². The van der Waals surface area contributed by atoms with Crippen molar-refractivity contribution in [3.05, 3.63) is 59.7 Å². The van der Waals surface area contributed by atoms with Crippen LogP contribution in [0.4, 0.5) is 4.79 Å². The van der Waals surface area contributed by atoms with Gasteiger partial charge in [0.2, 0.25) is 5.91 Å². The van der Waals surface area contributed by atoms with E-state index in [1.807, 2.05) is 43.3 Å². The second-order valence-electron chi connectivity index (χ2n) is 7.65. The number of rotatable bonds is 10. The van der Waals surface area contributed by atoms with Gasteiger partial charge in [-0.25, -0.2) is 9.59 Å². The topological polar surface area (TPSA) is 114 Å². The fourth-order valence-electron chi connectivity index (χ4n) is 3.88. The standard InChI is InChI=1S/C24H28N2O6/c1-3-15(12-22(27)25-13-21(31-2)23(28)29)26-24(30)32-14-20-18-10-6-4-8-16(18)17-9-5-7-11-19(17)20/h4-11,15,20-21H,3,12-14H2,1-2H3,(H,25,27)(H,26,30)(H,28,29)/t15-,21?/m1/s1. The Labute approximate surface area is 186 Å². The molecular weight excluding hydrogens is 412 g/mol. The van der Waals surface area contributed by atoms with Gasteiger partial charge in [0.1, 0.15) is 6.61 Å². The summed E-state index contributed by atoms with van der Waals surface area (Å²) in [5.41, 5.74) is 4.55. The molecule has 8 heteroatoms. The molecule has 1 unspecified atom stereocenters. The summed E-state index contributed by atoms with van der Waals surface area (Å²) in [5.74, 6) is -1.57. The molecular formula is C24H28N2O6. The number of benzene rings is 2. The maximum Gasteiger partial charge on any atom is 0.407 e. The Kier molecular flexibility index (Phi) is 7.83. The van der Waals surface area contributed by atoms with Crippen LogP contribution in [0.5, 0.6) is 0 Å². The number of aliphatic carboxylic acids is 1. The van der Waals surface area contributed by atoms with E-state index in [1.165, 1.54) is 7.11 Å². The van der Waals surface area contributed by atoms with E-state index in [0.717, 1.165) is 22.3 Å². The van der Waals surface area contributed by atoms with Gasteiger partial charge in [-0.1, -0.05) is 55.5 Å². The van der Waals surface area contributed by atoms with Gasteiger partial charge in [-0.2, -0.15) is 0 Å². The predicted molar refractivity (Wildman–Crippen MR) is 118 cm³/mol. The average Bonchev–Trinajstić information content (AvgIpc) is 3.11. The molecule has 170 valence electrons. The zero-order chi connectivity index (χ0) is 23.1. The molecule has 1 aliphatic rings. The van der Waals surface area contributed by atoms with Gasteiger partial charge in [0.05, 0.1) is 6.54 Å². The van der Waals surface area contributed by atoms with Gasteiger partial charge in [0.15, 0.2) is 6.10 Å². The largest absolute Gasteiger partial charge is 0.479 e. The van der Waals surface area contributed by atoms with Gasteiger partial charge in [-0.3, -0.25) is 4.79 Å². The fourth-order valence-corrected chi connectivity index (χ4v) is 3.88. The average molecular weight is 440 g/mol. The summed E-state index contributed by atoms with van der Waals surface area (Å²) in [6, 6.07) is 15.7. The van der Waals surface area contributed by atoms with Crippen LogP contribution in [0, 0.1) is 0 Å². The molecule has 32 heavy (non-hydrogen) atoms. The minimum absolute atomic E-state index is 0.0107. The number of fused-ring (bicyclic) bond motifs is 3. The van der Waals surface area contributed by atoms with Gasteiger partial charge in [0.25, 0.3) is 0 Å². The lowest BCUT2D eigenvalue weighted by Gasteiger charge is -2.19. The predicted octanol–water partition coefficient (Wildman–Crippen LogP) is 2.91. The Bertz CT molecular complexity index is 931. The van der Waals surface area contributed by atoms with Crippen molar-refractivity contribution in [3.8, 4) is 11.1 Å². The minimum atomic E-state index is -1.16. The third-order valence-electron chi connectivity index (χ3n) is 5.63. The molecule has 1 aliphatic carbocycles. The lowest BCUT2D eigenvalue weighted by atomic mass is 9.98. The van der Waals surface area contributed by atoms with Crippen LogP contribution in [0.25, 0.3) is 11.1 Å². The van der Waals surface area contributed by atoms with Crippen LogP contribution >= 0.6 is 0 Å². The van der Waals surface area contributed by atoms with E-state index in [1.54, 1.807) is 0 Å². The van der Waals surface area contributed by atoms with Crippen molar-refractivity contribution in [2.24, 2.45) is 0 Å². The molecule has 0 aliphatic heterocycles. The van der Waals surface area contributed by atoms with E-state index in [4.69, 9.17) is 14.6 Å². The molecule has 0 fully saturated rings. The molecule has 0 spiro atoms. The Morgan fingerprint density at radius 3 is 2.16 bits per heavy atom. The highest BCUT2D eigenvalue weighted by atomic mass is 16.5. The molecule has 0 radical (unpaired) electrons. The second kappa shape index (κ2) is 10.8. The van der Waals surface area contributed by atoms with Crippen molar-refractivity contribution in [3.63, 3.8) is 0 Å². The highest BCUT2D eigenvalue weighted by Crippen LogP contribution is 2.44. The summed E-state index contributed by atoms with van der Waals surface area (Å²) >= 11 is 0. The number of alkyl carbamates (subject to hydrolysis) is 1. The van der Waals surface area contributed by atoms with Crippen molar-refractivity contribution in [2.75, 3.05) is 20.3 Å². The lowest BCUT2D eigenvalue weighted by Crippen LogP contribution is -2.42. The molecule has 2 amide bonds. The zero-order valence-corrected chi connectivity index (χ0v) is 18.2. The molecule has 8 nitrogen and oxygen atoms in total. The number of hydrogen-bond donors (Lipinski definition) is 3. The lowest BCUT2D eigenvalue weighted by molar-refractivity contribution is -0.148. The van der Waals surface area contributed by atoms with Crippen molar-refractivity contribution in [2.45, 2.75) is 37.8 Å².